The van der Waals surface area contributed by atoms with Crippen LogP contribution in [-0.4, -0.2) is 51.4 Å². The number of piperazine rings is 1. The van der Waals surface area contributed by atoms with Gasteiger partial charge in [-0.05, 0) is 37.3 Å². The lowest BCUT2D eigenvalue weighted by atomic mass is 10.1. The maximum atomic E-state index is 14.1. The van der Waals surface area contributed by atoms with Gasteiger partial charge in [0.15, 0.2) is 5.82 Å². The summed E-state index contributed by atoms with van der Waals surface area (Å²) < 4.78 is 30.1. The second-order valence-corrected chi connectivity index (χ2v) is 7.51. The van der Waals surface area contributed by atoms with Gasteiger partial charge in [-0.15, -0.1) is 0 Å². The molecule has 0 radical (unpaired) electrons. The van der Waals surface area contributed by atoms with Crippen LogP contribution in [0.1, 0.15) is 23.1 Å². The number of aryl methyl sites for hydroxylation is 1. The van der Waals surface area contributed by atoms with Crippen LogP contribution in [0.3, 0.4) is 0 Å². The molecule has 0 N–H and O–H groups in total. The molecule has 2 heterocycles. The lowest BCUT2D eigenvalue weighted by Crippen LogP contribution is -2.48. The minimum Gasteiger partial charge on any atom is -0.336 e. The zero-order valence-electron chi connectivity index (χ0n) is 16.0. The number of hydrogen-bond donors (Lipinski definition) is 0. The molecule has 5 nitrogen and oxygen atoms in total. The molecule has 0 aliphatic carbocycles. The number of para-hydroxylation sites is 1. The highest BCUT2D eigenvalue weighted by molar-refractivity contribution is 6.31. The molecular formula is C21H21ClF2N4O. The summed E-state index contributed by atoms with van der Waals surface area (Å²) >= 11 is 5.90. The van der Waals surface area contributed by atoms with Crippen molar-refractivity contribution in [3.63, 3.8) is 0 Å². The largest absolute Gasteiger partial charge is 0.336 e. The first-order valence-corrected chi connectivity index (χ1v) is 9.96. The van der Waals surface area contributed by atoms with Gasteiger partial charge in [-0.3, -0.25) is 9.69 Å². The third kappa shape index (κ3) is 3.84. The number of fused-ring (bicyclic) bond motifs is 1. The third-order valence-electron chi connectivity index (χ3n) is 5.31. The summed E-state index contributed by atoms with van der Waals surface area (Å²) in [5, 5.41) is 0.332. The highest BCUT2D eigenvalue weighted by atomic mass is 35.5. The van der Waals surface area contributed by atoms with Crippen molar-refractivity contribution in [3.05, 3.63) is 64.4 Å². The Balaban J connectivity index is 1.45. The van der Waals surface area contributed by atoms with E-state index in [4.69, 9.17) is 11.6 Å². The van der Waals surface area contributed by atoms with E-state index in [1.807, 2.05) is 17.6 Å². The summed E-state index contributed by atoms with van der Waals surface area (Å²) in [6.45, 7) is 5.48. The Kier molecular flexibility index (Phi) is 5.52. The van der Waals surface area contributed by atoms with Crippen molar-refractivity contribution in [2.24, 2.45) is 0 Å². The van der Waals surface area contributed by atoms with Gasteiger partial charge in [0.05, 0.1) is 17.6 Å². The SMILES string of the molecule is CCn1c(CN2CCN(C(=O)c3cc(Cl)ccc3F)CC2)nc2c(F)cccc21. The number of aromatic nitrogens is 2. The zero-order valence-corrected chi connectivity index (χ0v) is 16.8. The molecule has 0 unspecified atom stereocenters. The smallest absolute Gasteiger partial charge is 0.256 e. The average molecular weight is 419 g/mol. The highest BCUT2D eigenvalue weighted by Gasteiger charge is 2.25. The minimum absolute atomic E-state index is 0.00537. The Morgan fingerprint density at radius 3 is 2.59 bits per heavy atom. The van der Waals surface area contributed by atoms with Crippen LogP contribution in [-0.2, 0) is 13.1 Å². The fraction of sp³-hybridized carbons (Fsp3) is 0.333. The van der Waals surface area contributed by atoms with E-state index in [-0.39, 0.29) is 17.3 Å². The Labute approximate surface area is 172 Å². The van der Waals surface area contributed by atoms with Crippen LogP contribution in [0.2, 0.25) is 5.02 Å². The Bertz CT molecular complexity index is 1060. The van der Waals surface area contributed by atoms with E-state index in [0.717, 1.165) is 11.3 Å². The van der Waals surface area contributed by atoms with Crippen LogP contribution in [0.25, 0.3) is 11.0 Å². The van der Waals surface area contributed by atoms with Crippen molar-refractivity contribution >= 4 is 28.5 Å². The fourth-order valence-corrected chi connectivity index (χ4v) is 3.95. The summed E-state index contributed by atoms with van der Waals surface area (Å²) in [7, 11) is 0. The van der Waals surface area contributed by atoms with Crippen LogP contribution in [0.5, 0.6) is 0 Å². The second kappa shape index (κ2) is 8.08. The number of carbonyl (C=O) groups is 1. The maximum Gasteiger partial charge on any atom is 0.256 e. The molecule has 1 aromatic heterocycles. The monoisotopic (exact) mass is 418 g/mol. The fourth-order valence-electron chi connectivity index (χ4n) is 3.78. The molecule has 1 saturated heterocycles. The molecule has 1 fully saturated rings. The number of hydrogen-bond acceptors (Lipinski definition) is 3. The Morgan fingerprint density at radius 1 is 1.10 bits per heavy atom. The standard InChI is InChI=1S/C21H21ClF2N4O/c1-2-28-18-5-3-4-17(24)20(18)25-19(28)13-26-8-10-27(11-9-26)21(29)15-12-14(22)6-7-16(15)23/h3-7,12H,2,8-11,13H2,1H3. The molecule has 1 aliphatic rings. The number of nitrogens with zero attached hydrogens (tertiary/aromatic N) is 4. The van der Waals surface area contributed by atoms with E-state index in [1.165, 1.54) is 24.3 Å². The highest BCUT2D eigenvalue weighted by Crippen LogP contribution is 2.21. The molecule has 8 heteroatoms. The molecule has 3 aromatic rings. The summed E-state index contributed by atoms with van der Waals surface area (Å²) in [5.41, 5.74) is 1.16. The number of halogens is 3. The predicted molar refractivity (Wildman–Crippen MR) is 108 cm³/mol. The predicted octanol–water partition coefficient (Wildman–Crippen LogP) is 3.95. The van der Waals surface area contributed by atoms with Crippen LogP contribution in [0.4, 0.5) is 8.78 Å². The zero-order chi connectivity index (χ0) is 20.5. The van der Waals surface area contributed by atoms with Gasteiger partial charge >= 0.3 is 0 Å². The van der Waals surface area contributed by atoms with Crippen molar-refractivity contribution in [2.45, 2.75) is 20.0 Å². The summed E-state index contributed by atoms with van der Waals surface area (Å²) in [4.78, 5) is 20.9. The first-order chi connectivity index (χ1) is 14.0. The average Bonchev–Trinajstić information content (AvgIpc) is 3.08. The van der Waals surface area contributed by atoms with Gasteiger partial charge in [-0.2, -0.15) is 0 Å². The molecule has 2 aromatic carbocycles. The normalized spacial score (nSPS) is 15.2. The lowest BCUT2D eigenvalue weighted by molar-refractivity contribution is 0.0620. The second-order valence-electron chi connectivity index (χ2n) is 7.07. The van der Waals surface area contributed by atoms with Crippen LogP contribution in [0, 0.1) is 11.6 Å². The van der Waals surface area contributed by atoms with Crippen molar-refractivity contribution in [3.8, 4) is 0 Å². The van der Waals surface area contributed by atoms with Crippen molar-refractivity contribution < 1.29 is 13.6 Å². The molecule has 0 atom stereocenters. The number of amides is 1. The first kappa shape index (κ1) is 19.8. The molecule has 1 amide bonds. The van der Waals surface area contributed by atoms with Gasteiger partial charge in [0.1, 0.15) is 17.2 Å². The van der Waals surface area contributed by atoms with E-state index in [1.54, 1.807) is 11.0 Å². The van der Waals surface area contributed by atoms with Gasteiger partial charge in [0, 0.05) is 37.7 Å². The third-order valence-corrected chi connectivity index (χ3v) is 5.54. The van der Waals surface area contributed by atoms with Crippen molar-refractivity contribution in [2.75, 3.05) is 26.2 Å². The topological polar surface area (TPSA) is 41.4 Å². The van der Waals surface area contributed by atoms with Crippen LogP contribution < -0.4 is 0 Å². The van der Waals surface area contributed by atoms with Gasteiger partial charge in [-0.25, -0.2) is 13.8 Å². The van der Waals surface area contributed by atoms with Gasteiger partial charge in [-0.1, -0.05) is 17.7 Å². The minimum atomic E-state index is -0.569. The number of benzene rings is 2. The van der Waals surface area contributed by atoms with E-state index in [2.05, 4.69) is 9.88 Å². The molecule has 0 saturated carbocycles. The Morgan fingerprint density at radius 2 is 1.86 bits per heavy atom. The van der Waals surface area contributed by atoms with Crippen LogP contribution in [0.15, 0.2) is 36.4 Å². The molecule has 1 aliphatic heterocycles. The van der Waals surface area contributed by atoms with Crippen molar-refractivity contribution in [1.82, 2.24) is 19.4 Å². The molecule has 152 valence electrons. The van der Waals surface area contributed by atoms with E-state index >= 15 is 0 Å². The summed E-state index contributed by atoms with van der Waals surface area (Å²) in [6, 6.07) is 8.97. The first-order valence-electron chi connectivity index (χ1n) is 9.58. The quantitative estimate of drug-likeness (QED) is 0.644. The molecular weight excluding hydrogens is 398 g/mol. The maximum absolute atomic E-state index is 14.1. The number of carbonyl (C=O) groups excluding carboxylic acids is 1. The van der Waals surface area contributed by atoms with E-state index in [9.17, 15) is 13.6 Å². The van der Waals surface area contributed by atoms with Crippen LogP contribution >= 0.6 is 11.6 Å². The van der Waals surface area contributed by atoms with E-state index < -0.39 is 5.82 Å². The summed E-state index contributed by atoms with van der Waals surface area (Å²) in [5.74, 6) is -0.448. The molecule has 0 bridgehead atoms. The number of rotatable bonds is 4. The number of imidazole rings is 1. The van der Waals surface area contributed by atoms with Gasteiger partial charge < -0.3 is 9.47 Å². The lowest BCUT2D eigenvalue weighted by Gasteiger charge is -2.34. The van der Waals surface area contributed by atoms with E-state index in [0.29, 0.717) is 49.8 Å². The molecule has 0 spiro atoms. The van der Waals surface area contributed by atoms with Gasteiger partial charge in [0.2, 0.25) is 0 Å². The summed E-state index contributed by atoms with van der Waals surface area (Å²) in [6.07, 6.45) is 0. The molecule has 4 rings (SSSR count). The van der Waals surface area contributed by atoms with Crippen molar-refractivity contribution in [1.29, 1.82) is 0 Å². The van der Waals surface area contributed by atoms with Gasteiger partial charge in [0.25, 0.3) is 5.91 Å². The molecule has 29 heavy (non-hydrogen) atoms. The Hall–Kier alpha value is -2.51.